The van der Waals surface area contributed by atoms with Crippen molar-refractivity contribution in [3.63, 3.8) is 0 Å². The van der Waals surface area contributed by atoms with E-state index in [4.69, 9.17) is 9.90 Å². The fourth-order valence-electron chi connectivity index (χ4n) is 1.27. The van der Waals surface area contributed by atoms with E-state index in [1.165, 1.54) is 6.07 Å². The Morgan fingerprint density at radius 1 is 1.00 bits per heavy atom. The molecule has 0 saturated carbocycles. The zero-order valence-corrected chi connectivity index (χ0v) is 7.47. The number of carbonyl (C=O) groups excluding carboxylic acids is 1. The van der Waals surface area contributed by atoms with Crippen molar-refractivity contribution in [3.8, 4) is 11.5 Å². The lowest BCUT2D eigenvalue weighted by Gasteiger charge is -2.00. The molecule has 3 heteroatoms. The minimum atomic E-state index is 0.0891. The average molecular weight is 190 g/mol. The van der Waals surface area contributed by atoms with E-state index in [0.717, 1.165) is 10.8 Å². The number of phenolic OH excluding ortho intramolecular Hbond substituents is 2. The molecule has 0 radical (unpaired) electrons. The first-order valence-electron chi connectivity index (χ1n) is 3.97. The summed E-state index contributed by atoms with van der Waals surface area (Å²) in [4.78, 5) is 8.00. The first-order valence-corrected chi connectivity index (χ1v) is 3.97. The molecule has 2 rings (SSSR count). The van der Waals surface area contributed by atoms with E-state index < -0.39 is 0 Å². The second kappa shape index (κ2) is 4.28. The summed E-state index contributed by atoms with van der Waals surface area (Å²) in [5, 5.41) is 20.1. The molecule has 14 heavy (non-hydrogen) atoms. The SMILES string of the molecule is C=O.Oc1cc(O)c2ccccc2c1. The van der Waals surface area contributed by atoms with Crippen molar-refractivity contribution < 1.29 is 15.0 Å². The van der Waals surface area contributed by atoms with Crippen LogP contribution in [0.5, 0.6) is 11.5 Å². The van der Waals surface area contributed by atoms with E-state index in [0.29, 0.717) is 0 Å². The lowest BCUT2D eigenvalue weighted by molar-refractivity contribution is -0.0979. The number of aromatic hydroxyl groups is 2. The third-order valence-electron chi connectivity index (χ3n) is 1.82. The maximum atomic E-state index is 9.39. The van der Waals surface area contributed by atoms with Gasteiger partial charge in [-0.15, -0.1) is 0 Å². The van der Waals surface area contributed by atoms with Crippen LogP contribution in [0.3, 0.4) is 0 Å². The molecule has 0 unspecified atom stereocenters. The lowest BCUT2D eigenvalue weighted by atomic mass is 10.1. The van der Waals surface area contributed by atoms with Gasteiger partial charge in [0.1, 0.15) is 18.3 Å². The van der Waals surface area contributed by atoms with Crippen molar-refractivity contribution in [1.29, 1.82) is 0 Å². The molecule has 2 N–H and O–H groups in total. The van der Waals surface area contributed by atoms with Gasteiger partial charge in [0.15, 0.2) is 0 Å². The number of rotatable bonds is 0. The summed E-state index contributed by atoms with van der Waals surface area (Å²) in [6.07, 6.45) is 0. The van der Waals surface area contributed by atoms with Crippen LogP contribution >= 0.6 is 0 Å². The standard InChI is InChI=1S/C10H8O2.CH2O/c11-8-5-7-3-1-2-4-9(7)10(12)6-8;1-2/h1-6,11-12H;1H2. The van der Waals surface area contributed by atoms with Crippen molar-refractivity contribution in [1.82, 2.24) is 0 Å². The molecule has 0 spiro atoms. The molecule has 0 aromatic heterocycles. The first kappa shape index (κ1) is 10.1. The van der Waals surface area contributed by atoms with E-state index in [2.05, 4.69) is 0 Å². The normalized spacial score (nSPS) is 9.14. The highest BCUT2D eigenvalue weighted by atomic mass is 16.3. The fraction of sp³-hybridized carbons (Fsp3) is 0. The summed E-state index contributed by atoms with van der Waals surface area (Å²) < 4.78 is 0. The third-order valence-corrected chi connectivity index (χ3v) is 1.82. The summed E-state index contributed by atoms with van der Waals surface area (Å²) in [6.45, 7) is 2.00. The van der Waals surface area contributed by atoms with Crippen molar-refractivity contribution >= 4 is 17.6 Å². The molecule has 2 aromatic carbocycles. The van der Waals surface area contributed by atoms with Crippen LogP contribution in [-0.4, -0.2) is 17.0 Å². The van der Waals surface area contributed by atoms with Gasteiger partial charge in [-0.1, -0.05) is 24.3 Å². The largest absolute Gasteiger partial charge is 0.508 e. The van der Waals surface area contributed by atoms with Crippen LogP contribution in [0.2, 0.25) is 0 Å². The van der Waals surface area contributed by atoms with Gasteiger partial charge in [0.2, 0.25) is 0 Å². The third kappa shape index (κ3) is 1.82. The summed E-state index contributed by atoms with van der Waals surface area (Å²) in [7, 11) is 0. The summed E-state index contributed by atoms with van der Waals surface area (Å²) in [5.74, 6) is 0.205. The van der Waals surface area contributed by atoms with Gasteiger partial charge in [0, 0.05) is 11.5 Å². The molecule has 2 aromatic rings. The summed E-state index contributed by atoms with van der Waals surface area (Å²) in [5.41, 5.74) is 0. The quantitative estimate of drug-likeness (QED) is 0.668. The highest BCUT2D eigenvalue weighted by molar-refractivity contribution is 5.89. The average Bonchev–Trinajstić information content (AvgIpc) is 2.20. The molecular formula is C11H10O3. The Morgan fingerprint density at radius 2 is 1.64 bits per heavy atom. The zero-order chi connectivity index (χ0) is 10.6. The second-order valence-electron chi connectivity index (χ2n) is 2.69. The monoisotopic (exact) mass is 190 g/mol. The van der Waals surface area contributed by atoms with Gasteiger partial charge in [-0.3, -0.25) is 0 Å². The lowest BCUT2D eigenvalue weighted by Crippen LogP contribution is -1.73. The molecule has 0 atom stereocenters. The van der Waals surface area contributed by atoms with E-state index in [1.54, 1.807) is 6.07 Å². The van der Waals surface area contributed by atoms with Gasteiger partial charge in [0.25, 0.3) is 0 Å². The molecule has 0 aliphatic carbocycles. The van der Waals surface area contributed by atoms with Crippen molar-refractivity contribution in [2.75, 3.05) is 0 Å². The Hall–Kier alpha value is -2.03. The minimum Gasteiger partial charge on any atom is -0.508 e. The molecule has 0 aliphatic rings. The van der Waals surface area contributed by atoms with Crippen LogP contribution in [0.4, 0.5) is 0 Å². The van der Waals surface area contributed by atoms with Gasteiger partial charge in [-0.2, -0.15) is 0 Å². The van der Waals surface area contributed by atoms with Crippen LogP contribution in [0.15, 0.2) is 36.4 Å². The molecule has 0 aliphatic heterocycles. The van der Waals surface area contributed by atoms with Gasteiger partial charge in [-0.05, 0) is 11.5 Å². The van der Waals surface area contributed by atoms with Gasteiger partial charge < -0.3 is 15.0 Å². The zero-order valence-electron chi connectivity index (χ0n) is 7.47. The molecule has 0 fully saturated rings. The van der Waals surface area contributed by atoms with Gasteiger partial charge in [0.05, 0.1) is 0 Å². The maximum Gasteiger partial charge on any atom is 0.127 e. The Balaban J connectivity index is 0.000000461. The number of fused-ring (bicyclic) bond motifs is 1. The van der Waals surface area contributed by atoms with Crippen LogP contribution in [0.25, 0.3) is 10.8 Å². The molecule has 3 nitrogen and oxygen atoms in total. The summed E-state index contributed by atoms with van der Waals surface area (Å²) in [6, 6.07) is 10.3. The number of carbonyl (C=O) groups is 1. The molecule has 0 amide bonds. The number of hydrogen-bond donors (Lipinski definition) is 2. The number of hydrogen-bond acceptors (Lipinski definition) is 3. The van der Waals surface area contributed by atoms with Crippen molar-refractivity contribution in [2.45, 2.75) is 0 Å². The Morgan fingerprint density at radius 3 is 2.36 bits per heavy atom. The Bertz CT molecular complexity index is 437. The van der Waals surface area contributed by atoms with E-state index in [-0.39, 0.29) is 11.5 Å². The predicted molar refractivity (Wildman–Crippen MR) is 54.4 cm³/mol. The van der Waals surface area contributed by atoms with E-state index in [9.17, 15) is 5.11 Å². The van der Waals surface area contributed by atoms with E-state index >= 15 is 0 Å². The van der Waals surface area contributed by atoms with Crippen LogP contribution < -0.4 is 0 Å². The topological polar surface area (TPSA) is 57.5 Å². The van der Waals surface area contributed by atoms with E-state index in [1.807, 2.05) is 31.1 Å². The molecule has 72 valence electrons. The fourth-order valence-corrected chi connectivity index (χ4v) is 1.27. The van der Waals surface area contributed by atoms with Gasteiger partial charge in [-0.25, -0.2) is 0 Å². The van der Waals surface area contributed by atoms with Crippen molar-refractivity contribution in [2.24, 2.45) is 0 Å². The number of phenols is 2. The molecule has 0 saturated heterocycles. The molecule has 0 heterocycles. The second-order valence-corrected chi connectivity index (χ2v) is 2.69. The van der Waals surface area contributed by atoms with Crippen LogP contribution in [0, 0.1) is 0 Å². The van der Waals surface area contributed by atoms with Gasteiger partial charge >= 0.3 is 0 Å². The Kier molecular flexibility index (Phi) is 3.07. The summed E-state index contributed by atoms with van der Waals surface area (Å²) >= 11 is 0. The highest BCUT2D eigenvalue weighted by Crippen LogP contribution is 2.28. The first-order chi connectivity index (χ1) is 6.77. The number of benzene rings is 2. The maximum absolute atomic E-state index is 9.39. The smallest absolute Gasteiger partial charge is 0.127 e. The van der Waals surface area contributed by atoms with Crippen LogP contribution in [0.1, 0.15) is 0 Å². The predicted octanol–water partition coefficient (Wildman–Crippen LogP) is 2.07. The highest BCUT2D eigenvalue weighted by Gasteiger charge is 1.99. The molecular weight excluding hydrogens is 180 g/mol. The Labute approximate surface area is 81.2 Å². The minimum absolute atomic E-state index is 0.0891. The molecule has 0 bridgehead atoms. The van der Waals surface area contributed by atoms with Crippen molar-refractivity contribution in [3.05, 3.63) is 36.4 Å². The van der Waals surface area contributed by atoms with Crippen LogP contribution in [-0.2, 0) is 4.79 Å².